The number of hydrogen-bond acceptors (Lipinski definition) is 5. The molecule has 0 aliphatic carbocycles. The number of rotatable bonds is 4. The summed E-state index contributed by atoms with van der Waals surface area (Å²) in [6.07, 6.45) is 3.54. The molecule has 2 aromatic heterocycles. The first-order valence-corrected chi connectivity index (χ1v) is 7.58. The molecular formula is C15H17ClN4O2. The molecule has 0 aromatic carbocycles. The molecule has 1 fully saturated rings. The number of carbonyl (C=O) groups excluding carboxylic acids is 1. The molecule has 0 spiro atoms. The number of nitrogens with zero attached hydrogens (tertiary/aromatic N) is 3. The molecule has 1 N–H and O–H groups in total. The molecular weight excluding hydrogens is 304 g/mol. The van der Waals surface area contributed by atoms with Crippen molar-refractivity contribution >= 4 is 23.3 Å². The summed E-state index contributed by atoms with van der Waals surface area (Å²) in [7, 11) is 0. The van der Waals surface area contributed by atoms with Gasteiger partial charge in [-0.3, -0.25) is 9.69 Å². The maximum atomic E-state index is 12.2. The van der Waals surface area contributed by atoms with Crippen LogP contribution in [-0.4, -0.2) is 34.0 Å². The van der Waals surface area contributed by atoms with Gasteiger partial charge >= 0.3 is 0 Å². The van der Waals surface area contributed by atoms with Gasteiger partial charge in [-0.05, 0) is 38.4 Å². The lowest BCUT2D eigenvalue weighted by molar-refractivity contribution is -0.117. The number of aromatic nitrogens is 2. The van der Waals surface area contributed by atoms with Crippen LogP contribution in [0.2, 0.25) is 5.02 Å². The minimum atomic E-state index is -0.0954. The van der Waals surface area contributed by atoms with E-state index in [1.54, 1.807) is 12.1 Å². The Morgan fingerprint density at radius 2 is 2.41 bits per heavy atom. The van der Waals surface area contributed by atoms with E-state index in [9.17, 15) is 4.79 Å². The first kappa shape index (κ1) is 15.0. The molecule has 22 heavy (non-hydrogen) atoms. The average molecular weight is 321 g/mol. The van der Waals surface area contributed by atoms with E-state index in [0.29, 0.717) is 17.4 Å². The van der Waals surface area contributed by atoms with Crippen molar-refractivity contribution in [1.29, 1.82) is 0 Å². The van der Waals surface area contributed by atoms with Gasteiger partial charge in [0.15, 0.2) is 0 Å². The molecule has 0 radical (unpaired) electrons. The molecule has 1 aliphatic heterocycles. The smallest absolute Gasteiger partial charge is 0.239 e. The quantitative estimate of drug-likeness (QED) is 0.938. The molecule has 1 atom stereocenters. The maximum Gasteiger partial charge on any atom is 0.239 e. The molecule has 0 saturated carbocycles. The molecule has 3 rings (SSSR count). The molecule has 116 valence electrons. The number of nitrogens with one attached hydrogen (secondary N) is 1. The number of pyridine rings is 1. The average Bonchev–Trinajstić information content (AvgIpc) is 3.10. The van der Waals surface area contributed by atoms with Crippen LogP contribution in [-0.2, 0) is 4.79 Å². The topological polar surface area (TPSA) is 71.3 Å². The standard InChI is InChI=1S/C15H17ClN4O2/c1-10-7-12(19-22-10)13-3-2-6-20(13)9-15(21)18-14-5-4-11(16)8-17-14/h4-5,7-8,13H,2-3,6,9H2,1H3,(H,17,18,21)/t13-/m1/s1. The predicted octanol–water partition coefficient (Wildman–Crippen LogP) is 2.81. The van der Waals surface area contributed by atoms with E-state index in [0.717, 1.165) is 30.8 Å². The van der Waals surface area contributed by atoms with Crippen LogP contribution in [0, 0.1) is 6.92 Å². The van der Waals surface area contributed by atoms with Crippen molar-refractivity contribution in [3.8, 4) is 0 Å². The van der Waals surface area contributed by atoms with E-state index in [4.69, 9.17) is 16.1 Å². The summed E-state index contributed by atoms with van der Waals surface area (Å²) in [6.45, 7) is 3.05. The Hall–Kier alpha value is -1.92. The zero-order valence-electron chi connectivity index (χ0n) is 12.3. The van der Waals surface area contributed by atoms with E-state index < -0.39 is 0 Å². The normalized spacial score (nSPS) is 18.5. The van der Waals surface area contributed by atoms with Gasteiger partial charge in [-0.15, -0.1) is 0 Å². The van der Waals surface area contributed by atoms with Crippen LogP contribution in [0.25, 0.3) is 0 Å². The highest BCUT2D eigenvalue weighted by molar-refractivity contribution is 6.30. The molecule has 3 heterocycles. The Balaban J connectivity index is 1.61. The van der Waals surface area contributed by atoms with Gasteiger partial charge in [0, 0.05) is 12.3 Å². The molecule has 6 nitrogen and oxygen atoms in total. The van der Waals surface area contributed by atoms with E-state index >= 15 is 0 Å². The van der Waals surface area contributed by atoms with Crippen LogP contribution in [0.4, 0.5) is 5.82 Å². The molecule has 1 aliphatic rings. The minimum absolute atomic E-state index is 0.0954. The van der Waals surface area contributed by atoms with E-state index in [1.807, 2.05) is 13.0 Å². The largest absolute Gasteiger partial charge is 0.361 e. The number of anilines is 1. The highest BCUT2D eigenvalue weighted by Crippen LogP contribution is 2.31. The van der Waals surface area contributed by atoms with Gasteiger partial charge in [-0.1, -0.05) is 16.8 Å². The van der Waals surface area contributed by atoms with E-state index in [-0.39, 0.29) is 11.9 Å². The van der Waals surface area contributed by atoms with Gasteiger partial charge in [0.1, 0.15) is 17.3 Å². The first-order chi connectivity index (χ1) is 10.6. The summed E-state index contributed by atoms with van der Waals surface area (Å²) in [4.78, 5) is 18.3. The van der Waals surface area contributed by atoms with E-state index in [2.05, 4.69) is 20.4 Å². The van der Waals surface area contributed by atoms with Crippen LogP contribution in [0.1, 0.15) is 30.3 Å². The van der Waals surface area contributed by atoms with Crippen molar-refractivity contribution in [3.63, 3.8) is 0 Å². The third-order valence-corrected chi connectivity index (χ3v) is 3.92. The van der Waals surface area contributed by atoms with Gasteiger partial charge in [0.2, 0.25) is 5.91 Å². The lowest BCUT2D eigenvalue weighted by atomic mass is 10.1. The number of hydrogen-bond donors (Lipinski definition) is 1. The monoisotopic (exact) mass is 320 g/mol. The second-order valence-corrected chi connectivity index (χ2v) is 5.84. The second kappa shape index (κ2) is 6.46. The minimum Gasteiger partial charge on any atom is -0.361 e. The molecule has 1 amide bonds. The first-order valence-electron chi connectivity index (χ1n) is 7.20. The fourth-order valence-corrected chi connectivity index (χ4v) is 2.82. The maximum absolute atomic E-state index is 12.2. The number of likely N-dealkylation sites (tertiary alicyclic amines) is 1. The van der Waals surface area contributed by atoms with Crippen LogP contribution in [0.15, 0.2) is 28.9 Å². The fraction of sp³-hybridized carbons (Fsp3) is 0.400. The second-order valence-electron chi connectivity index (χ2n) is 5.40. The Bertz CT molecular complexity index is 656. The van der Waals surface area contributed by atoms with Crippen molar-refractivity contribution in [2.24, 2.45) is 0 Å². The highest BCUT2D eigenvalue weighted by Gasteiger charge is 2.29. The Morgan fingerprint density at radius 3 is 3.09 bits per heavy atom. The molecule has 7 heteroatoms. The summed E-state index contributed by atoms with van der Waals surface area (Å²) in [5.74, 6) is 1.20. The number of carbonyl (C=O) groups is 1. The van der Waals surface area contributed by atoms with Gasteiger partial charge in [0.25, 0.3) is 0 Å². The van der Waals surface area contributed by atoms with Crippen molar-refractivity contribution in [3.05, 3.63) is 40.9 Å². The lowest BCUT2D eigenvalue weighted by Crippen LogP contribution is -2.33. The number of amides is 1. The van der Waals surface area contributed by atoms with Crippen molar-refractivity contribution < 1.29 is 9.32 Å². The molecule has 0 bridgehead atoms. The zero-order valence-corrected chi connectivity index (χ0v) is 13.0. The Kier molecular flexibility index (Phi) is 4.40. The van der Waals surface area contributed by atoms with Gasteiger partial charge < -0.3 is 9.84 Å². The van der Waals surface area contributed by atoms with Crippen LogP contribution >= 0.6 is 11.6 Å². The van der Waals surface area contributed by atoms with Gasteiger partial charge in [-0.2, -0.15) is 0 Å². The summed E-state index contributed by atoms with van der Waals surface area (Å²) in [5, 5.41) is 7.39. The van der Waals surface area contributed by atoms with Crippen molar-refractivity contribution in [2.75, 3.05) is 18.4 Å². The Labute approximate surface area is 133 Å². The number of halogens is 1. The SMILES string of the molecule is Cc1cc([C@H]2CCCN2CC(=O)Nc2ccc(Cl)cn2)no1. The molecule has 1 saturated heterocycles. The van der Waals surface area contributed by atoms with Gasteiger partial charge in [-0.25, -0.2) is 4.98 Å². The van der Waals surface area contributed by atoms with Crippen molar-refractivity contribution in [1.82, 2.24) is 15.0 Å². The molecule has 2 aromatic rings. The number of aryl methyl sites for hydroxylation is 1. The third-order valence-electron chi connectivity index (χ3n) is 3.69. The summed E-state index contributed by atoms with van der Waals surface area (Å²) >= 11 is 5.78. The van der Waals surface area contributed by atoms with Crippen LogP contribution < -0.4 is 5.32 Å². The van der Waals surface area contributed by atoms with E-state index in [1.165, 1.54) is 6.20 Å². The van der Waals surface area contributed by atoms with Gasteiger partial charge in [0.05, 0.1) is 17.6 Å². The zero-order chi connectivity index (χ0) is 15.5. The van der Waals surface area contributed by atoms with Crippen molar-refractivity contribution in [2.45, 2.75) is 25.8 Å². The Morgan fingerprint density at radius 1 is 1.55 bits per heavy atom. The lowest BCUT2D eigenvalue weighted by Gasteiger charge is -2.21. The fourth-order valence-electron chi connectivity index (χ4n) is 2.71. The summed E-state index contributed by atoms with van der Waals surface area (Å²) in [6, 6.07) is 5.45. The highest BCUT2D eigenvalue weighted by atomic mass is 35.5. The summed E-state index contributed by atoms with van der Waals surface area (Å²) < 4.78 is 5.14. The third kappa shape index (κ3) is 3.45. The predicted molar refractivity (Wildman–Crippen MR) is 82.7 cm³/mol. The molecule has 0 unspecified atom stereocenters. The van der Waals surface area contributed by atoms with Crippen LogP contribution in [0.5, 0.6) is 0 Å². The van der Waals surface area contributed by atoms with Crippen LogP contribution in [0.3, 0.4) is 0 Å². The summed E-state index contributed by atoms with van der Waals surface area (Å²) in [5.41, 5.74) is 0.896.